The molecule has 0 aromatic carbocycles. The summed E-state index contributed by atoms with van der Waals surface area (Å²) in [6.07, 6.45) is 57.0. The van der Waals surface area contributed by atoms with Gasteiger partial charge in [-0.2, -0.15) is 0 Å². The molecule has 2 unspecified atom stereocenters. The van der Waals surface area contributed by atoms with Crippen LogP contribution in [0.5, 0.6) is 0 Å². The standard InChI is InChI=1S/C52H97NO5/c1-3-5-7-9-11-13-15-17-18-19-22-26-30-34-38-42-46-52(57)58-47-43-39-35-31-27-23-20-21-25-29-33-37-41-45-51(56)53-49(48-54)50(55)44-40-36-32-28-24-16-14-12-10-8-6-4-2/h13,15,18-19,40,44,49-50,54-55H,3-12,14,16-17,20-39,41-43,45-48H2,1-2H3,(H,53,56)/b15-13-,19-18-,44-40+. The summed E-state index contributed by atoms with van der Waals surface area (Å²) in [5.74, 6) is -0.104. The van der Waals surface area contributed by atoms with E-state index in [9.17, 15) is 19.8 Å². The van der Waals surface area contributed by atoms with Gasteiger partial charge in [-0.1, -0.05) is 217 Å². The molecule has 0 radical (unpaired) electrons. The van der Waals surface area contributed by atoms with Crippen molar-refractivity contribution in [1.82, 2.24) is 5.32 Å². The van der Waals surface area contributed by atoms with E-state index in [4.69, 9.17) is 4.74 Å². The first-order chi connectivity index (χ1) is 28.5. The van der Waals surface area contributed by atoms with Crippen LogP contribution in [0, 0.1) is 0 Å². The average Bonchev–Trinajstić information content (AvgIpc) is 3.22. The third-order valence-corrected chi connectivity index (χ3v) is 11.4. The number of aliphatic hydroxyl groups is 2. The molecule has 0 bridgehead atoms. The Labute approximate surface area is 360 Å². The molecule has 0 heterocycles. The molecule has 2 atom stereocenters. The van der Waals surface area contributed by atoms with Crippen LogP contribution in [0.4, 0.5) is 0 Å². The van der Waals surface area contributed by atoms with Crippen LogP contribution in [0.25, 0.3) is 0 Å². The summed E-state index contributed by atoms with van der Waals surface area (Å²) < 4.78 is 5.46. The van der Waals surface area contributed by atoms with Crippen LogP contribution in [0.3, 0.4) is 0 Å². The summed E-state index contributed by atoms with van der Waals surface area (Å²) in [7, 11) is 0. The lowest BCUT2D eigenvalue weighted by Gasteiger charge is -2.20. The van der Waals surface area contributed by atoms with E-state index in [1.165, 1.54) is 167 Å². The van der Waals surface area contributed by atoms with Gasteiger partial charge < -0.3 is 20.3 Å². The van der Waals surface area contributed by atoms with Crippen molar-refractivity contribution < 1.29 is 24.5 Å². The Bertz CT molecular complexity index is 946. The van der Waals surface area contributed by atoms with Gasteiger partial charge in [0.05, 0.1) is 25.4 Å². The number of ether oxygens (including phenoxy) is 1. The second-order valence-electron chi connectivity index (χ2n) is 17.1. The van der Waals surface area contributed by atoms with Crippen LogP contribution in [0.1, 0.15) is 258 Å². The molecule has 58 heavy (non-hydrogen) atoms. The van der Waals surface area contributed by atoms with Crippen LogP contribution in [0.15, 0.2) is 36.5 Å². The van der Waals surface area contributed by atoms with Gasteiger partial charge in [-0.3, -0.25) is 9.59 Å². The third kappa shape index (κ3) is 43.7. The van der Waals surface area contributed by atoms with Gasteiger partial charge in [0.1, 0.15) is 0 Å². The van der Waals surface area contributed by atoms with E-state index in [1.807, 2.05) is 6.08 Å². The van der Waals surface area contributed by atoms with E-state index in [2.05, 4.69) is 43.5 Å². The number of aliphatic hydroxyl groups excluding tert-OH is 2. The number of hydrogen-bond donors (Lipinski definition) is 3. The summed E-state index contributed by atoms with van der Waals surface area (Å²) in [5, 5.41) is 23.0. The molecule has 0 aliphatic heterocycles. The lowest BCUT2D eigenvalue weighted by atomic mass is 10.0. The highest BCUT2D eigenvalue weighted by Gasteiger charge is 2.18. The number of nitrogens with one attached hydrogen (secondary N) is 1. The summed E-state index contributed by atoms with van der Waals surface area (Å²) in [6, 6.07) is -0.637. The Morgan fingerprint density at radius 3 is 1.33 bits per heavy atom. The van der Waals surface area contributed by atoms with E-state index in [0.29, 0.717) is 19.4 Å². The molecule has 0 fully saturated rings. The lowest BCUT2D eigenvalue weighted by molar-refractivity contribution is -0.143. The molecule has 0 rings (SSSR count). The molecule has 0 aliphatic carbocycles. The topological polar surface area (TPSA) is 95.9 Å². The third-order valence-electron chi connectivity index (χ3n) is 11.4. The molecule has 0 aromatic rings. The number of carbonyl (C=O) groups excluding carboxylic acids is 2. The molecular formula is C52H97NO5. The van der Waals surface area contributed by atoms with Crippen LogP contribution < -0.4 is 5.32 Å². The molecule has 0 aromatic heterocycles. The van der Waals surface area contributed by atoms with Crippen molar-refractivity contribution in [1.29, 1.82) is 0 Å². The average molecular weight is 816 g/mol. The van der Waals surface area contributed by atoms with Crippen LogP contribution >= 0.6 is 0 Å². The van der Waals surface area contributed by atoms with Gasteiger partial charge >= 0.3 is 5.97 Å². The maximum absolute atomic E-state index is 12.4. The van der Waals surface area contributed by atoms with Crippen LogP contribution in [-0.2, 0) is 14.3 Å². The second-order valence-corrected chi connectivity index (χ2v) is 17.1. The van der Waals surface area contributed by atoms with Gasteiger partial charge in [0.25, 0.3) is 0 Å². The number of esters is 1. The number of carbonyl (C=O) groups is 2. The van der Waals surface area contributed by atoms with Gasteiger partial charge in [0.15, 0.2) is 0 Å². The molecule has 0 aliphatic rings. The monoisotopic (exact) mass is 816 g/mol. The first-order valence-corrected chi connectivity index (χ1v) is 25.3. The minimum absolute atomic E-state index is 0.0211. The van der Waals surface area contributed by atoms with Gasteiger partial charge in [0.2, 0.25) is 5.91 Å². The molecule has 340 valence electrons. The highest BCUT2D eigenvalue weighted by molar-refractivity contribution is 5.76. The first kappa shape index (κ1) is 56.1. The zero-order valence-electron chi connectivity index (χ0n) is 38.5. The minimum Gasteiger partial charge on any atom is -0.466 e. The SMILES string of the molecule is CCCCCC/C=C\C/C=C\CCCCCCCC(=O)OCCCCCCCCCCCCCCCC(=O)NC(CO)C(O)/C=C/CCCCCCCCCCCC. The lowest BCUT2D eigenvalue weighted by Crippen LogP contribution is -2.45. The van der Waals surface area contributed by atoms with E-state index in [-0.39, 0.29) is 18.5 Å². The largest absolute Gasteiger partial charge is 0.466 e. The quantitative estimate of drug-likeness (QED) is 0.0323. The highest BCUT2D eigenvalue weighted by Crippen LogP contribution is 2.15. The number of rotatable bonds is 46. The molecule has 3 N–H and O–H groups in total. The number of unbranched alkanes of at least 4 members (excludes halogenated alkanes) is 31. The fourth-order valence-electron chi connectivity index (χ4n) is 7.49. The minimum atomic E-state index is -0.852. The Morgan fingerprint density at radius 2 is 0.862 bits per heavy atom. The van der Waals surface area contributed by atoms with Gasteiger partial charge in [-0.05, 0) is 64.2 Å². The zero-order valence-corrected chi connectivity index (χ0v) is 38.5. The first-order valence-electron chi connectivity index (χ1n) is 25.3. The Hall–Kier alpha value is -1.92. The van der Waals surface area contributed by atoms with Crippen LogP contribution in [0.2, 0.25) is 0 Å². The fourth-order valence-corrected chi connectivity index (χ4v) is 7.49. The molecule has 0 spiro atoms. The molecule has 1 amide bonds. The van der Waals surface area contributed by atoms with Crippen molar-refractivity contribution in [2.45, 2.75) is 270 Å². The Kier molecular flexibility index (Phi) is 46.2. The van der Waals surface area contributed by atoms with E-state index >= 15 is 0 Å². The van der Waals surface area contributed by atoms with Gasteiger partial charge in [-0.25, -0.2) is 0 Å². The number of amides is 1. The van der Waals surface area contributed by atoms with Crippen molar-refractivity contribution >= 4 is 11.9 Å². The molecule has 0 saturated carbocycles. The highest BCUT2D eigenvalue weighted by atomic mass is 16.5. The van der Waals surface area contributed by atoms with Crippen molar-refractivity contribution in [3.8, 4) is 0 Å². The van der Waals surface area contributed by atoms with Crippen molar-refractivity contribution in [3.63, 3.8) is 0 Å². The smallest absolute Gasteiger partial charge is 0.305 e. The predicted molar refractivity (Wildman–Crippen MR) is 250 cm³/mol. The molecule has 0 saturated heterocycles. The molecule has 6 nitrogen and oxygen atoms in total. The fraction of sp³-hybridized carbons (Fsp3) is 0.846. The van der Waals surface area contributed by atoms with E-state index < -0.39 is 12.1 Å². The van der Waals surface area contributed by atoms with E-state index in [0.717, 1.165) is 64.2 Å². The van der Waals surface area contributed by atoms with Crippen molar-refractivity contribution in [2.75, 3.05) is 13.2 Å². The van der Waals surface area contributed by atoms with Crippen LogP contribution in [-0.4, -0.2) is 47.4 Å². The number of allylic oxidation sites excluding steroid dienone is 5. The maximum Gasteiger partial charge on any atom is 0.305 e. The second kappa shape index (κ2) is 47.8. The molecular weight excluding hydrogens is 719 g/mol. The summed E-state index contributed by atoms with van der Waals surface area (Å²) >= 11 is 0. The van der Waals surface area contributed by atoms with Gasteiger partial charge in [-0.15, -0.1) is 0 Å². The number of hydrogen-bond acceptors (Lipinski definition) is 5. The summed E-state index contributed by atoms with van der Waals surface area (Å²) in [4.78, 5) is 24.4. The molecule has 6 heteroatoms. The van der Waals surface area contributed by atoms with Crippen molar-refractivity contribution in [2.24, 2.45) is 0 Å². The summed E-state index contributed by atoms with van der Waals surface area (Å²) in [5.41, 5.74) is 0. The normalized spacial score (nSPS) is 13.0. The Morgan fingerprint density at radius 1 is 0.483 bits per heavy atom. The predicted octanol–water partition coefficient (Wildman–Crippen LogP) is 14.9. The summed E-state index contributed by atoms with van der Waals surface area (Å²) in [6.45, 7) is 4.83. The Balaban J connectivity index is 3.49. The zero-order chi connectivity index (χ0) is 42.3. The van der Waals surface area contributed by atoms with E-state index in [1.54, 1.807) is 6.08 Å². The van der Waals surface area contributed by atoms with Gasteiger partial charge in [0, 0.05) is 12.8 Å². The van der Waals surface area contributed by atoms with Crippen molar-refractivity contribution in [3.05, 3.63) is 36.5 Å². The maximum atomic E-state index is 12.4.